The normalized spacial score (nSPS) is 51.2. The number of carbonyl (C=O) groups is 1. The molecule has 3 unspecified atom stereocenters. The first-order valence-corrected chi connectivity index (χ1v) is 11.6. The number of hydrogen-bond donors (Lipinski definition) is 1. The molecule has 7 atom stereocenters. The van der Waals surface area contributed by atoms with Gasteiger partial charge >= 0.3 is 5.97 Å². The second-order valence-electron chi connectivity index (χ2n) is 10.2. The fourth-order valence-corrected chi connectivity index (χ4v) is 9.16. The van der Waals surface area contributed by atoms with Crippen LogP contribution in [0.3, 0.4) is 0 Å². The van der Waals surface area contributed by atoms with Crippen LogP contribution >= 0.6 is 15.9 Å². The van der Waals surface area contributed by atoms with E-state index in [9.17, 15) is 4.79 Å². The van der Waals surface area contributed by atoms with Gasteiger partial charge in [0.15, 0.2) is 0 Å². The van der Waals surface area contributed by atoms with Crippen LogP contribution in [0.5, 0.6) is 0 Å². The third kappa shape index (κ3) is 2.99. The Morgan fingerprint density at radius 1 is 1.04 bits per heavy atom. The molecule has 3 nitrogen and oxygen atoms in total. The van der Waals surface area contributed by atoms with Crippen molar-refractivity contribution in [2.75, 3.05) is 19.7 Å². The van der Waals surface area contributed by atoms with Crippen molar-refractivity contribution in [2.24, 2.45) is 23.2 Å². The van der Waals surface area contributed by atoms with E-state index in [-0.39, 0.29) is 15.7 Å². The molecule has 25 heavy (non-hydrogen) atoms. The zero-order chi connectivity index (χ0) is 17.1. The van der Waals surface area contributed by atoms with Crippen LogP contribution in [-0.4, -0.2) is 36.0 Å². The van der Waals surface area contributed by atoms with Gasteiger partial charge in [-0.05, 0) is 82.5 Å². The number of fused-ring (bicyclic) bond motifs is 1. The number of piperidine rings is 2. The largest absolute Gasteiger partial charge is 0.465 e. The SMILES string of the molecule is O=C(OC[C@H]1CCC[NH+]2CCCC[C@@H]12)C12C[C@@H]3C[C@@H](CC(Br)(C3)C1)C2. The van der Waals surface area contributed by atoms with Gasteiger partial charge in [0, 0.05) is 10.2 Å². The molecule has 6 aliphatic rings. The van der Waals surface area contributed by atoms with Crippen LogP contribution in [0, 0.1) is 23.2 Å². The average molecular weight is 411 g/mol. The van der Waals surface area contributed by atoms with Gasteiger partial charge in [0.25, 0.3) is 0 Å². The summed E-state index contributed by atoms with van der Waals surface area (Å²) in [6, 6.07) is 0.759. The highest BCUT2D eigenvalue weighted by atomic mass is 79.9. The topological polar surface area (TPSA) is 30.7 Å². The summed E-state index contributed by atoms with van der Waals surface area (Å²) < 4.78 is 6.33. The van der Waals surface area contributed by atoms with E-state index in [1.54, 1.807) is 4.90 Å². The number of nitrogens with one attached hydrogen (secondary N) is 1. The quantitative estimate of drug-likeness (QED) is 0.572. The van der Waals surface area contributed by atoms with E-state index in [0.29, 0.717) is 12.5 Å². The molecule has 4 aliphatic carbocycles. The molecule has 2 heterocycles. The maximum atomic E-state index is 13.2. The van der Waals surface area contributed by atoms with Crippen LogP contribution < -0.4 is 4.90 Å². The molecule has 0 aromatic carbocycles. The molecule has 0 spiro atoms. The van der Waals surface area contributed by atoms with Crippen LogP contribution in [0.4, 0.5) is 0 Å². The van der Waals surface area contributed by atoms with E-state index in [4.69, 9.17) is 4.74 Å². The van der Waals surface area contributed by atoms with Gasteiger partial charge in [-0.15, -0.1) is 0 Å². The van der Waals surface area contributed by atoms with Crippen molar-refractivity contribution in [2.45, 2.75) is 81.0 Å². The van der Waals surface area contributed by atoms with E-state index < -0.39 is 0 Å². The summed E-state index contributed by atoms with van der Waals surface area (Å²) in [6.07, 6.45) is 13.8. The number of esters is 1. The Morgan fingerprint density at radius 3 is 2.56 bits per heavy atom. The molecule has 6 rings (SSSR count). The van der Waals surface area contributed by atoms with Gasteiger partial charge < -0.3 is 9.64 Å². The molecule has 2 aliphatic heterocycles. The Morgan fingerprint density at radius 2 is 1.80 bits per heavy atom. The zero-order valence-electron chi connectivity index (χ0n) is 15.4. The predicted octanol–water partition coefficient (Wildman–Crippen LogP) is 3.11. The standard InChI is InChI=1S/C21H32BrNO2/c22-21-11-15-8-16(12-21)10-20(9-15,14-21)19(24)25-13-17-4-3-7-23-6-2-1-5-18(17)23/h15-18H,1-14H2/p+1/t15-,16+,17-,18+,20?,21?/m1/s1. The molecular formula is C21H33BrNO2+. The lowest BCUT2D eigenvalue weighted by atomic mass is 9.49. The molecule has 0 aromatic rings. The van der Waals surface area contributed by atoms with Gasteiger partial charge in [-0.3, -0.25) is 4.79 Å². The van der Waals surface area contributed by atoms with Crippen LogP contribution in [0.15, 0.2) is 0 Å². The number of rotatable bonds is 3. The molecule has 140 valence electrons. The Labute approximate surface area is 160 Å². The van der Waals surface area contributed by atoms with E-state index in [0.717, 1.165) is 37.1 Å². The summed E-state index contributed by atoms with van der Waals surface area (Å²) in [7, 11) is 0. The summed E-state index contributed by atoms with van der Waals surface area (Å²) >= 11 is 4.02. The Balaban J connectivity index is 1.25. The first kappa shape index (κ1) is 17.0. The predicted molar refractivity (Wildman–Crippen MR) is 101 cm³/mol. The van der Waals surface area contributed by atoms with Crippen molar-refractivity contribution in [3.63, 3.8) is 0 Å². The van der Waals surface area contributed by atoms with Crippen LogP contribution in [0.1, 0.15) is 70.6 Å². The van der Waals surface area contributed by atoms with Crippen molar-refractivity contribution in [1.82, 2.24) is 0 Å². The van der Waals surface area contributed by atoms with Gasteiger partial charge in [0.2, 0.25) is 0 Å². The molecule has 4 heteroatoms. The monoisotopic (exact) mass is 410 g/mol. The summed E-state index contributed by atoms with van der Waals surface area (Å²) in [5, 5.41) is 0. The average Bonchev–Trinajstić information content (AvgIpc) is 2.57. The summed E-state index contributed by atoms with van der Waals surface area (Å²) in [6.45, 7) is 3.38. The molecule has 4 bridgehead atoms. The molecule has 0 radical (unpaired) electrons. The van der Waals surface area contributed by atoms with E-state index in [1.807, 2.05) is 0 Å². The maximum Gasteiger partial charge on any atom is 0.312 e. The number of ether oxygens (including phenoxy) is 1. The minimum absolute atomic E-state index is 0.151. The number of carbonyl (C=O) groups excluding carboxylic acids is 1. The third-order valence-electron chi connectivity index (χ3n) is 8.28. The first-order valence-electron chi connectivity index (χ1n) is 10.8. The third-order valence-corrected chi connectivity index (χ3v) is 9.21. The highest BCUT2D eigenvalue weighted by molar-refractivity contribution is 9.10. The Hall–Kier alpha value is -0.0900. The number of hydrogen-bond acceptors (Lipinski definition) is 2. The van der Waals surface area contributed by atoms with E-state index in [2.05, 4.69) is 15.9 Å². The number of halogens is 1. The van der Waals surface area contributed by atoms with E-state index >= 15 is 0 Å². The van der Waals surface area contributed by atoms with E-state index in [1.165, 1.54) is 64.5 Å². The summed E-state index contributed by atoms with van der Waals surface area (Å²) in [4.78, 5) is 15.0. The lowest BCUT2D eigenvalue weighted by Crippen LogP contribution is -3.18. The highest BCUT2D eigenvalue weighted by Crippen LogP contribution is 2.64. The molecular weight excluding hydrogens is 378 g/mol. The molecule has 1 N–H and O–H groups in total. The van der Waals surface area contributed by atoms with Crippen LogP contribution in [-0.2, 0) is 9.53 Å². The fourth-order valence-electron chi connectivity index (χ4n) is 7.70. The van der Waals surface area contributed by atoms with Gasteiger partial charge in [-0.1, -0.05) is 15.9 Å². The Kier molecular flexibility index (Phi) is 4.24. The van der Waals surface area contributed by atoms with Gasteiger partial charge in [-0.2, -0.15) is 0 Å². The molecule has 0 amide bonds. The van der Waals surface area contributed by atoms with Crippen molar-refractivity contribution in [3.05, 3.63) is 0 Å². The van der Waals surface area contributed by atoms with Crippen molar-refractivity contribution < 1.29 is 14.4 Å². The molecule has 2 saturated heterocycles. The van der Waals surface area contributed by atoms with Gasteiger partial charge in [-0.25, -0.2) is 0 Å². The minimum Gasteiger partial charge on any atom is -0.465 e. The van der Waals surface area contributed by atoms with Gasteiger partial charge in [0.05, 0.1) is 31.2 Å². The zero-order valence-corrected chi connectivity index (χ0v) is 17.0. The lowest BCUT2D eigenvalue weighted by Gasteiger charge is -2.58. The first-order chi connectivity index (χ1) is 12.1. The summed E-state index contributed by atoms with van der Waals surface area (Å²) in [5.41, 5.74) is -0.151. The lowest BCUT2D eigenvalue weighted by molar-refractivity contribution is -0.940. The van der Waals surface area contributed by atoms with Crippen molar-refractivity contribution in [1.29, 1.82) is 0 Å². The molecule has 4 saturated carbocycles. The van der Waals surface area contributed by atoms with Crippen molar-refractivity contribution in [3.8, 4) is 0 Å². The van der Waals surface area contributed by atoms with Crippen LogP contribution in [0.2, 0.25) is 0 Å². The Bertz CT molecular complexity index is 534. The summed E-state index contributed by atoms with van der Waals surface area (Å²) in [5.74, 6) is 2.27. The minimum atomic E-state index is -0.151. The second-order valence-corrected chi connectivity index (χ2v) is 11.8. The second kappa shape index (κ2) is 6.22. The highest BCUT2D eigenvalue weighted by Gasteiger charge is 2.60. The van der Waals surface area contributed by atoms with Crippen molar-refractivity contribution >= 4 is 21.9 Å². The number of quaternary nitrogens is 1. The smallest absolute Gasteiger partial charge is 0.312 e. The molecule has 0 aromatic heterocycles. The van der Waals surface area contributed by atoms with Gasteiger partial charge in [0.1, 0.15) is 0 Å². The number of alkyl halides is 1. The molecule has 6 fully saturated rings. The van der Waals surface area contributed by atoms with Crippen LogP contribution in [0.25, 0.3) is 0 Å². The maximum absolute atomic E-state index is 13.2. The fraction of sp³-hybridized carbons (Fsp3) is 0.952.